The molecule has 2 heterocycles. The molecule has 0 unspecified atom stereocenters. The van der Waals surface area contributed by atoms with E-state index < -0.39 is 0 Å². The van der Waals surface area contributed by atoms with Crippen molar-refractivity contribution in [2.24, 2.45) is 0 Å². The largest absolute Gasteiger partial charge is 0.384 e. The predicted octanol–water partition coefficient (Wildman–Crippen LogP) is 4.64. The summed E-state index contributed by atoms with van der Waals surface area (Å²) in [6, 6.07) is 14.3. The fourth-order valence-corrected chi connectivity index (χ4v) is 4.84. The number of aromatic amines is 1. The summed E-state index contributed by atoms with van der Waals surface area (Å²) >= 11 is 2.44. The van der Waals surface area contributed by atoms with Crippen LogP contribution < -0.4 is 21.4 Å². The van der Waals surface area contributed by atoms with Crippen LogP contribution in [0.5, 0.6) is 0 Å². The topological polar surface area (TPSA) is 68.9 Å². The Morgan fingerprint density at radius 2 is 2.03 bits per heavy atom. The molecule has 1 aromatic heterocycles. The van der Waals surface area contributed by atoms with Crippen LogP contribution in [0.2, 0.25) is 0 Å². The molecule has 0 radical (unpaired) electrons. The number of benzene rings is 2. The lowest BCUT2D eigenvalue weighted by Crippen LogP contribution is -2.30. The zero-order valence-electron chi connectivity index (χ0n) is 16.6. The first kappa shape index (κ1) is 20.2. The van der Waals surface area contributed by atoms with Crippen LogP contribution in [-0.4, -0.2) is 24.6 Å². The second-order valence-corrected chi connectivity index (χ2v) is 8.65. The summed E-state index contributed by atoms with van der Waals surface area (Å²) in [6.45, 7) is 4.95. The average Bonchev–Trinajstić information content (AvgIpc) is 2.73. The zero-order valence-corrected chi connectivity index (χ0v) is 18.8. The van der Waals surface area contributed by atoms with Crippen LogP contribution in [0.3, 0.4) is 0 Å². The highest BCUT2D eigenvalue weighted by molar-refractivity contribution is 14.1. The van der Waals surface area contributed by atoms with Gasteiger partial charge in [-0.2, -0.15) is 0 Å². The van der Waals surface area contributed by atoms with Gasteiger partial charge in [0.25, 0.3) is 0 Å². The van der Waals surface area contributed by atoms with Crippen molar-refractivity contribution in [3.63, 3.8) is 0 Å². The molecule has 152 valence electrons. The Morgan fingerprint density at radius 1 is 1.17 bits per heavy atom. The molecule has 4 N–H and O–H groups in total. The molecular weight excluding hydrogens is 475 g/mol. The number of fused-ring (bicyclic) bond motifs is 2. The van der Waals surface area contributed by atoms with Crippen LogP contribution in [0, 0.1) is 3.57 Å². The Hall–Kier alpha value is -2.06. The number of aryl methyl sites for hydroxylation is 1. The summed E-state index contributed by atoms with van der Waals surface area (Å²) in [5.41, 5.74) is 5.00. The summed E-state index contributed by atoms with van der Waals surface area (Å²) in [6.07, 6.45) is 3.14. The Morgan fingerprint density at radius 3 is 2.90 bits per heavy atom. The van der Waals surface area contributed by atoms with Gasteiger partial charge < -0.3 is 20.9 Å². The van der Waals surface area contributed by atoms with E-state index in [-0.39, 0.29) is 5.43 Å². The van der Waals surface area contributed by atoms with Gasteiger partial charge in [-0.3, -0.25) is 4.79 Å². The molecule has 6 heteroatoms. The van der Waals surface area contributed by atoms with Gasteiger partial charge in [-0.25, -0.2) is 0 Å². The van der Waals surface area contributed by atoms with Crippen molar-refractivity contribution in [2.75, 3.05) is 30.3 Å². The Bertz CT molecular complexity index is 1060. The number of H-pyrrole nitrogens is 1. The van der Waals surface area contributed by atoms with Gasteiger partial charge >= 0.3 is 0 Å². The standard InChI is InChI=1S/C23H27IN4O/c1-2-15-12-17-19(8-11-27-23(17)18(24)13-15)25-9-5-10-26-22-14-21(29)16-6-3-4-7-20(16)28-22/h3-4,6-7,12-14,19,25,27H,2,5,8-11H2,1H3,(H2,26,28,29)/t19-/m0/s1. The van der Waals surface area contributed by atoms with Gasteiger partial charge in [0.05, 0.1) is 11.2 Å². The molecule has 0 fully saturated rings. The van der Waals surface area contributed by atoms with E-state index in [1.54, 1.807) is 6.07 Å². The predicted molar refractivity (Wildman–Crippen MR) is 130 cm³/mol. The van der Waals surface area contributed by atoms with Crippen LogP contribution in [0.15, 0.2) is 47.3 Å². The maximum absolute atomic E-state index is 12.2. The lowest BCUT2D eigenvalue weighted by molar-refractivity contribution is 0.497. The molecule has 0 saturated heterocycles. The number of halogens is 1. The minimum Gasteiger partial charge on any atom is -0.384 e. The van der Waals surface area contributed by atoms with Crippen molar-refractivity contribution in [1.29, 1.82) is 0 Å². The van der Waals surface area contributed by atoms with E-state index in [9.17, 15) is 4.79 Å². The molecule has 0 bridgehead atoms. The molecule has 0 spiro atoms. The summed E-state index contributed by atoms with van der Waals surface area (Å²) in [5.74, 6) is 0.781. The van der Waals surface area contributed by atoms with Crippen molar-refractivity contribution >= 4 is 45.0 Å². The molecule has 3 aromatic rings. The summed E-state index contributed by atoms with van der Waals surface area (Å²) in [7, 11) is 0. The summed E-state index contributed by atoms with van der Waals surface area (Å²) in [4.78, 5) is 15.5. The second-order valence-electron chi connectivity index (χ2n) is 7.49. The molecule has 5 nitrogen and oxygen atoms in total. The van der Waals surface area contributed by atoms with Gasteiger partial charge in [-0.1, -0.05) is 25.1 Å². The second kappa shape index (κ2) is 9.17. The minimum atomic E-state index is 0.0487. The Balaban J connectivity index is 1.33. The quantitative estimate of drug-likeness (QED) is 0.281. The number of rotatable bonds is 7. The highest BCUT2D eigenvalue weighted by atomic mass is 127. The highest BCUT2D eigenvalue weighted by Crippen LogP contribution is 2.34. The molecule has 1 aliphatic rings. The van der Waals surface area contributed by atoms with E-state index in [4.69, 9.17) is 0 Å². The van der Waals surface area contributed by atoms with Gasteiger partial charge in [0.1, 0.15) is 5.82 Å². The third-order valence-corrected chi connectivity index (χ3v) is 6.35. The van der Waals surface area contributed by atoms with Crippen LogP contribution in [0.25, 0.3) is 10.9 Å². The van der Waals surface area contributed by atoms with E-state index in [0.29, 0.717) is 6.04 Å². The first-order chi connectivity index (χ1) is 14.2. The van der Waals surface area contributed by atoms with Crippen LogP contribution in [0.4, 0.5) is 11.5 Å². The third-order valence-electron chi connectivity index (χ3n) is 5.50. The molecule has 2 aromatic carbocycles. The number of anilines is 2. The number of para-hydroxylation sites is 1. The number of hydrogen-bond donors (Lipinski definition) is 4. The number of hydrogen-bond acceptors (Lipinski definition) is 4. The third kappa shape index (κ3) is 4.59. The lowest BCUT2D eigenvalue weighted by atomic mass is 9.95. The maximum Gasteiger partial charge on any atom is 0.191 e. The van der Waals surface area contributed by atoms with Crippen molar-refractivity contribution in [3.8, 4) is 0 Å². The van der Waals surface area contributed by atoms with Crippen LogP contribution >= 0.6 is 22.6 Å². The average molecular weight is 502 g/mol. The number of aromatic nitrogens is 1. The van der Waals surface area contributed by atoms with Crippen molar-refractivity contribution < 1.29 is 0 Å². The fourth-order valence-electron chi connectivity index (χ4n) is 3.94. The molecule has 0 saturated carbocycles. The Kier molecular flexibility index (Phi) is 6.40. The monoisotopic (exact) mass is 502 g/mol. The van der Waals surface area contributed by atoms with Crippen molar-refractivity contribution in [3.05, 3.63) is 67.4 Å². The molecule has 4 rings (SSSR count). The molecule has 1 atom stereocenters. The first-order valence-corrected chi connectivity index (χ1v) is 11.4. The summed E-state index contributed by atoms with van der Waals surface area (Å²) < 4.78 is 1.31. The van der Waals surface area contributed by atoms with Gasteiger partial charge in [-0.15, -0.1) is 0 Å². The smallest absolute Gasteiger partial charge is 0.191 e. The molecule has 1 aliphatic heterocycles. The SMILES string of the molecule is CCc1cc(I)c2c(c1)[C@@H](NCCCNc1cc(=O)c3ccccc3[nH]1)CCN2. The van der Waals surface area contributed by atoms with Crippen LogP contribution in [-0.2, 0) is 6.42 Å². The minimum absolute atomic E-state index is 0.0487. The van der Waals surface area contributed by atoms with E-state index in [1.165, 1.54) is 20.4 Å². The summed E-state index contributed by atoms with van der Waals surface area (Å²) in [5, 5.41) is 11.4. The normalized spacial score (nSPS) is 15.7. The van der Waals surface area contributed by atoms with E-state index in [2.05, 4.69) is 62.6 Å². The van der Waals surface area contributed by atoms with Crippen molar-refractivity contribution in [1.82, 2.24) is 10.3 Å². The maximum atomic E-state index is 12.2. The van der Waals surface area contributed by atoms with E-state index in [1.807, 2.05) is 24.3 Å². The molecular formula is C23H27IN4O. The zero-order chi connectivity index (χ0) is 20.2. The molecule has 29 heavy (non-hydrogen) atoms. The molecule has 0 aliphatic carbocycles. The van der Waals surface area contributed by atoms with Gasteiger partial charge in [-0.05, 0) is 77.7 Å². The first-order valence-electron chi connectivity index (χ1n) is 10.3. The van der Waals surface area contributed by atoms with Gasteiger partial charge in [0.2, 0.25) is 0 Å². The van der Waals surface area contributed by atoms with Gasteiger partial charge in [0, 0.05) is 34.2 Å². The van der Waals surface area contributed by atoms with E-state index >= 15 is 0 Å². The lowest BCUT2D eigenvalue weighted by Gasteiger charge is -2.29. The van der Waals surface area contributed by atoms with Crippen LogP contribution in [0.1, 0.15) is 36.9 Å². The van der Waals surface area contributed by atoms with Crippen molar-refractivity contribution in [2.45, 2.75) is 32.2 Å². The fraction of sp³-hybridized carbons (Fsp3) is 0.348. The van der Waals surface area contributed by atoms with Gasteiger partial charge in [0.15, 0.2) is 5.43 Å². The number of pyridine rings is 1. The number of nitrogens with one attached hydrogen (secondary N) is 4. The Labute approximate surface area is 184 Å². The van der Waals surface area contributed by atoms with E-state index in [0.717, 1.165) is 55.6 Å². The molecule has 0 amide bonds. The highest BCUT2D eigenvalue weighted by Gasteiger charge is 2.21.